The topological polar surface area (TPSA) is 65.2 Å². The van der Waals surface area contributed by atoms with Crippen LogP contribution < -0.4 is 5.19 Å². The average Bonchev–Trinajstić information content (AvgIpc) is 2.85. The van der Waals surface area contributed by atoms with Crippen molar-refractivity contribution >= 4 is 37.3 Å². The molecule has 1 aliphatic carbocycles. The number of benzene rings is 2. The van der Waals surface area contributed by atoms with E-state index in [0.29, 0.717) is 17.0 Å². The second-order valence-corrected chi connectivity index (χ2v) is 21.1. The van der Waals surface area contributed by atoms with Gasteiger partial charge in [-0.1, -0.05) is 112 Å². The summed E-state index contributed by atoms with van der Waals surface area (Å²) in [6, 6.07) is 8.51. The molecule has 3 rings (SSSR count). The summed E-state index contributed by atoms with van der Waals surface area (Å²) in [7, 11) is -1.85. The third-order valence-electron chi connectivity index (χ3n) is 8.38. The highest BCUT2D eigenvalue weighted by molar-refractivity contribution is 6.94. The largest absolute Gasteiger partial charge is 0.507 e. The quantitative estimate of drug-likeness (QED) is 0.199. The number of halogens is 1. The number of aromatic hydroxyl groups is 2. The van der Waals surface area contributed by atoms with E-state index in [-0.39, 0.29) is 28.3 Å². The van der Waals surface area contributed by atoms with Crippen molar-refractivity contribution in [2.24, 2.45) is 9.98 Å². The lowest BCUT2D eigenvalue weighted by atomic mass is 9.79. The lowest BCUT2D eigenvalue weighted by Gasteiger charge is -2.28. The van der Waals surface area contributed by atoms with Crippen molar-refractivity contribution in [2.75, 3.05) is 5.50 Å². The first kappa shape index (κ1) is 33.4. The van der Waals surface area contributed by atoms with Gasteiger partial charge in [-0.05, 0) is 46.3 Å². The molecule has 0 heterocycles. The van der Waals surface area contributed by atoms with E-state index in [4.69, 9.17) is 21.6 Å². The van der Waals surface area contributed by atoms with Crippen LogP contribution in [0.15, 0.2) is 34.3 Å². The molecule has 1 fully saturated rings. The van der Waals surface area contributed by atoms with E-state index >= 15 is 0 Å². The summed E-state index contributed by atoms with van der Waals surface area (Å²) in [5.41, 5.74) is 4.78. The Hall–Kier alpha value is -2.11. The maximum atomic E-state index is 11.3. The molecule has 2 atom stereocenters. The molecule has 0 aromatic heterocycles. The summed E-state index contributed by atoms with van der Waals surface area (Å²) >= 11 is 6.40. The molecule has 4 nitrogen and oxygen atoms in total. The smallest absolute Gasteiger partial charge is 0.128 e. The third-order valence-corrected chi connectivity index (χ3v) is 12.9. The highest BCUT2D eigenvalue weighted by atomic mass is 35.5. The lowest BCUT2D eigenvalue weighted by molar-refractivity contribution is 0.390. The van der Waals surface area contributed by atoms with Gasteiger partial charge < -0.3 is 10.2 Å². The highest BCUT2D eigenvalue weighted by Crippen LogP contribution is 2.38. The van der Waals surface area contributed by atoms with Gasteiger partial charge in [0.25, 0.3) is 0 Å². The summed E-state index contributed by atoms with van der Waals surface area (Å²) in [5, 5.41) is 23.8. The van der Waals surface area contributed by atoms with Crippen LogP contribution in [-0.4, -0.2) is 48.3 Å². The molecule has 0 saturated heterocycles. The van der Waals surface area contributed by atoms with Gasteiger partial charge in [-0.3, -0.25) is 9.98 Å². The normalized spacial score (nSPS) is 19.4. The Kier molecular flexibility index (Phi) is 9.97. The number of aliphatic imine (C=N–C) groups is 2. The molecular weight excluding hydrogens is 544 g/mol. The van der Waals surface area contributed by atoms with Crippen molar-refractivity contribution in [1.29, 1.82) is 0 Å². The van der Waals surface area contributed by atoms with Crippen LogP contribution in [0.4, 0.5) is 0 Å². The maximum Gasteiger partial charge on any atom is 0.128 e. The van der Waals surface area contributed by atoms with Gasteiger partial charge in [-0.25, -0.2) is 0 Å². The molecule has 41 heavy (non-hydrogen) atoms. The van der Waals surface area contributed by atoms with E-state index in [2.05, 4.69) is 99.7 Å². The van der Waals surface area contributed by atoms with Crippen LogP contribution >= 0.6 is 11.6 Å². The number of hydrogen-bond acceptors (Lipinski definition) is 4. The molecular formula is C35H53ClN2O2Si. The monoisotopic (exact) mass is 596 g/mol. The minimum Gasteiger partial charge on any atom is -0.507 e. The molecule has 1 saturated carbocycles. The van der Waals surface area contributed by atoms with Gasteiger partial charge in [-0.15, -0.1) is 11.6 Å². The van der Waals surface area contributed by atoms with Crippen molar-refractivity contribution in [3.8, 4) is 11.5 Å². The van der Waals surface area contributed by atoms with Gasteiger partial charge in [0, 0.05) is 34.6 Å². The van der Waals surface area contributed by atoms with E-state index in [9.17, 15) is 10.2 Å². The highest BCUT2D eigenvalue weighted by Gasteiger charge is 2.29. The number of rotatable bonds is 6. The summed E-state index contributed by atoms with van der Waals surface area (Å²) in [6.45, 7) is 23.9. The first-order chi connectivity index (χ1) is 18.8. The summed E-state index contributed by atoms with van der Waals surface area (Å²) in [5.74, 6) is 0.617. The van der Waals surface area contributed by atoms with Crippen molar-refractivity contribution in [1.82, 2.24) is 0 Å². The van der Waals surface area contributed by atoms with E-state index < -0.39 is 8.07 Å². The predicted molar refractivity (Wildman–Crippen MR) is 181 cm³/mol. The van der Waals surface area contributed by atoms with Crippen molar-refractivity contribution in [3.05, 3.63) is 52.1 Å². The lowest BCUT2D eigenvalue weighted by Crippen LogP contribution is -2.44. The Morgan fingerprint density at radius 3 is 1.59 bits per heavy atom. The molecule has 1 aliphatic rings. The molecule has 226 valence electrons. The van der Waals surface area contributed by atoms with Crippen LogP contribution in [-0.2, 0) is 16.2 Å². The Bertz CT molecular complexity index is 1290. The predicted octanol–water partition coefficient (Wildman–Crippen LogP) is 8.53. The SMILES string of the molecule is CC(C)(C)c1cc(C=N[C@@H]2CCCC[C@H]2N=Cc2cc([Si](C)(C)CCl)cc(C(C)(C)C)c2O)c(O)c(C(C)(C)C)c1. The molecule has 0 amide bonds. The fourth-order valence-corrected chi connectivity index (χ4v) is 7.05. The van der Waals surface area contributed by atoms with E-state index in [1.807, 2.05) is 12.4 Å². The second kappa shape index (κ2) is 12.2. The fraction of sp³-hybridized carbons (Fsp3) is 0.600. The van der Waals surface area contributed by atoms with Crippen LogP contribution in [0.25, 0.3) is 0 Å². The van der Waals surface area contributed by atoms with Gasteiger partial charge in [0.15, 0.2) is 0 Å². The second-order valence-electron chi connectivity index (χ2n) is 15.7. The minimum absolute atomic E-state index is 0.0226. The first-order valence-electron chi connectivity index (χ1n) is 15.1. The van der Waals surface area contributed by atoms with Crippen molar-refractivity contribution in [3.63, 3.8) is 0 Å². The summed E-state index contributed by atoms with van der Waals surface area (Å²) in [6.07, 6.45) is 7.85. The number of phenolic OH excluding ortho intramolecular Hbond substituents is 2. The fourth-order valence-electron chi connectivity index (χ4n) is 5.35. The number of alkyl halides is 1. The molecule has 2 aromatic carbocycles. The number of nitrogens with zero attached hydrogens (tertiary/aromatic N) is 2. The molecule has 0 bridgehead atoms. The summed E-state index contributed by atoms with van der Waals surface area (Å²) < 4.78 is 0. The number of hydrogen-bond donors (Lipinski definition) is 2. The van der Waals surface area contributed by atoms with Crippen LogP contribution in [0.1, 0.15) is 116 Å². The van der Waals surface area contributed by atoms with Gasteiger partial charge in [0.2, 0.25) is 0 Å². The summed E-state index contributed by atoms with van der Waals surface area (Å²) in [4.78, 5) is 10.1. The standard InChI is InChI=1S/C35H53ClN2O2Si/c1-33(2,3)25-16-23(31(39)27(18-25)34(4,5)6)20-37-29-14-12-13-15-30(29)38-21-24-17-26(41(10,11)22-36)19-28(32(24)40)35(7,8)9/h16-21,29-30,39-40H,12-15,22H2,1-11H3/t29-,30-/m1/s1. The molecule has 0 aliphatic heterocycles. The zero-order valence-electron chi connectivity index (χ0n) is 27.3. The maximum absolute atomic E-state index is 11.3. The van der Waals surface area contributed by atoms with E-state index in [1.165, 1.54) is 10.8 Å². The minimum atomic E-state index is -1.85. The van der Waals surface area contributed by atoms with E-state index in [0.717, 1.165) is 47.9 Å². The van der Waals surface area contributed by atoms with E-state index in [1.54, 1.807) is 0 Å². The molecule has 2 N–H and O–H groups in total. The van der Waals surface area contributed by atoms with Gasteiger partial charge >= 0.3 is 0 Å². The zero-order chi connectivity index (χ0) is 31.0. The Morgan fingerprint density at radius 1 is 0.732 bits per heavy atom. The van der Waals surface area contributed by atoms with Crippen LogP contribution in [0.2, 0.25) is 13.1 Å². The average molecular weight is 597 g/mol. The Balaban J connectivity index is 2.01. The van der Waals surface area contributed by atoms with Crippen LogP contribution in [0, 0.1) is 0 Å². The third kappa shape index (κ3) is 8.04. The van der Waals surface area contributed by atoms with Gasteiger partial charge in [0.05, 0.1) is 20.2 Å². The molecule has 6 heteroatoms. The first-order valence-corrected chi connectivity index (χ1v) is 18.9. The molecule has 2 aromatic rings. The van der Waals surface area contributed by atoms with Gasteiger partial charge in [0.1, 0.15) is 11.5 Å². The Morgan fingerprint density at radius 2 is 1.17 bits per heavy atom. The molecule has 0 radical (unpaired) electrons. The van der Waals surface area contributed by atoms with Crippen LogP contribution in [0.5, 0.6) is 11.5 Å². The van der Waals surface area contributed by atoms with Gasteiger partial charge in [-0.2, -0.15) is 0 Å². The zero-order valence-corrected chi connectivity index (χ0v) is 29.1. The molecule has 0 spiro atoms. The van der Waals surface area contributed by atoms with Crippen molar-refractivity contribution in [2.45, 2.75) is 129 Å². The molecule has 0 unspecified atom stereocenters. The van der Waals surface area contributed by atoms with Crippen LogP contribution in [0.3, 0.4) is 0 Å². The van der Waals surface area contributed by atoms with Crippen molar-refractivity contribution < 1.29 is 10.2 Å². The Labute approximate surface area is 255 Å². The number of phenols is 2.